The molecule has 37 valence electrons. The highest BCUT2D eigenvalue weighted by Gasteiger charge is 1.81. The third kappa shape index (κ3) is 18.9. The molecule has 0 saturated heterocycles. The summed E-state index contributed by atoms with van der Waals surface area (Å²) in [4.78, 5) is 0. The molecule has 5 radical (unpaired) electrons. The quantitative estimate of drug-likeness (QED) is 0.490. The van der Waals surface area contributed by atoms with E-state index in [0.29, 0.717) is 0 Å². The van der Waals surface area contributed by atoms with E-state index in [4.69, 9.17) is 5.11 Å². The monoisotopic (exact) mass is 125 g/mol. The Bertz CT molecular complexity index is 25.7. The fraction of sp³-hybridized carbons (Fsp3) is 1.00. The lowest BCUT2D eigenvalue weighted by Crippen LogP contribution is -1.93. The van der Waals surface area contributed by atoms with E-state index >= 15 is 0 Å². The van der Waals surface area contributed by atoms with Crippen molar-refractivity contribution in [2.75, 3.05) is 0 Å². The maximum atomic E-state index is 8.36. The van der Waals surface area contributed by atoms with Crippen molar-refractivity contribution in [3.63, 3.8) is 0 Å². The van der Waals surface area contributed by atoms with Gasteiger partial charge >= 0.3 is 0 Å². The Labute approximate surface area is 71.8 Å². The van der Waals surface area contributed by atoms with E-state index in [1.807, 2.05) is 6.92 Å². The first-order valence-electron chi connectivity index (χ1n) is 1.95. The van der Waals surface area contributed by atoms with Crippen LogP contribution in [0, 0.1) is 0 Å². The van der Waals surface area contributed by atoms with Crippen LogP contribution < -0.4 is 0 Å². The Morgan fingerprint density at radius 1 is 1.57 bits per heavy atom. The fourth-order valence-electron chi connectivity index (χ4n) is 0. The molecule has 3 heteroatoms. The van der Waals surface area contributed by atoms with Crippen molar-refractivity contribution in [3.05, 3.63) is 0 Å². The molecular formula is C4H10AlMgO. The first-order chi connectivity index (χ1) is 2.27. The summed E-state index contributed by atoms with van der Waals surface area (Å²) < 4.78 is 0. The maximum Gasteiger partial charge on any atom is 0.0509 e. The fourth-order valence-corrected chi connectivity index (χ4v) is 0. The second kappa shape index (κ2) is 10.3. The summed E-state index contributed by atoms with van der Waals surface area (Å²) in [7, 11) is 0. The van der Waals surface area contributed by atoms with Crippen LogP contribution in [-0.4, -0.2) is 51.6 Å². The molecule has 0 aliphatic heterocycles. The summed E-state index contributed by atoms with van der Waals surface area (Å²) in [5, 5.41) is 8.36. The molecule has 1 unspecified atom stereocenters. The Morgan fingerprint density at radius 2 is 1.71 bits per heavy atom. The van der Waals surface area contributed by atoms with E-state index in [9.17, 15) is 0 Å². The second-order valence-corrected chi connectivity index (χ2v) is 1.26. The number of hydrogen-bond acceptors (Lipinski definition) is 1. The van der Waals surface area contributed by atoms with Crippen LogP contribution in [-0.2, 0) is 0 Å². The molecule has 0 aromatic rings. The van der Waals surface area contributed by atoms with Gasteiger partial charge in [0.1, 0.15) is 0 Å². The van der Waals surface area contributed by atoms with E-state index in [1.54, 1.807) is 6.92 Å². The molecule has 0 heterocycles. The zero-order valence-corrected chi connectivity index (χ0v) is 7.59. The van der Waals surface area contributed by atoms with E-state index in [-0.39, 0.29) is 46.5 Å². The minimum atomic E-state index is -0.116. The summed E-state index contributed by atoms with van der Waals surface area (Å²) in [6, 6.07) is 0. The molecule has 0 fully saturated rings. The molecule has 0 aliphatic carbocycles. The SMILES string of the molecule is CCC(C)O.[Al].[Mg]. The molecule has 0 rings (SSSR count). The molecular weight excluding hydrogens is 115 g/mol. The first-order valence-corrected chi connectivity index (χ1v) is 1.95. The normalized spacial score (nSPS) is 10.7. The van der Waals surface area contributed by atoms with Gasteiger partial charge in [0.15, 0.2) is 0 Å². The van der Waals surface area contributed by atoms with E-state index in [1.165, 1.54) is 0 Å². The number of aliphatic hydroxyl groups excluding tert-OH is 1. The van der Waals surface area contributed by atoms with E-state index < -0.39 is 0 Å². The predicted octanol–water partition coefficient (Wildman–Crippen LogP) is 0.0156. The van der Waals surface area contributed by atoms with E-state index in [2.05, 4.69) is 0 Å². The molecule has 0 aromatic heterocycles. The van der Waals surface area contributed by atoms with Gasteiger partial charge in [-0.3, -0.25) is 0 Å². The van der Waals surface area contributed by atoms with Crippen LogP contribution in [0.15, 0.2) is 0 Å². The number of aliphatic hydroxyl groups is 1. The van der Waals surface area contributed by atoms with Gasteiger partial charge in [0.2, 0.25) is 0 Å². The smallest absolute Gasteiger partial charge is 0.0509 e. The van der Waals surface area contributed by atoms with Crippen molar-refractivity contribution in [3.8, 4) is 0 Å². The molecule has 0 aliphatic rings. The third-order valence-electron chi connectivity index (χ3n) is 0.591. The van der Waals surface area contributed by atoms with Gasteiger partial charge in [0.05, 0.1) is 6.10 Å². The minimum absolute atomic E-state index is 0. The first kappa shape index (κ1) is 15.7. The van der Waals surface area contributed by atoms with Crippen molar-refractivity contribution in [2.45, 2.75) is 26.4 Å². The third-order valence-corrected chi connectivity index (χ3v) is 0.591. The largest absolute Gasteiger partial charge is 0.393 e. The average Bonchev–Trinajstić information content (AvgIpc) is 1.38. The molecule has 1 nitrogen and oxygen atoms in total. The lowest BCUT2D eigenvalue weighted by atomic mass is 10.3. The van der Waals surface area contributed by atoms with Crippen LogP contribution in [0.5, 0.6) is 0 Å². The summed E-state index contributed by atoms with van der Waals surface area (Å²) in [5.74, 6) is 0. The topological polar surface area (TPSA) is 20.2 Å². The van der Waals surface area contributed by atoms with Crippen LogP contribution >= 0.6 is 0 Å². The molecule has 0 saturated carbocycles. The number of hydrogen-bond donors (Lipinski definition) is 1. The molecule has 7 heavy (non-hydrogen) atoms. The van der Waals surface area contributed by atoms with Crippen LogP contribution in [0.2, 0.25) is 0 Å². The highest BCUT2D eigenvalue weighted by atomic mass is 27.0. The molecule has 0 bridgehead atoms. The predicted molar refractivity (Wildman–Crippen MR) is 33.5 cm³/mol. The van der Waals surface area contributed by atoms with Crippen LogP contribution in [0.1, 0.15) is 20.3 Å². The van der Waals surface area contributed by atoms with Gasteiger partial charge in [-0.25, -0.2) is 0 Å². The van der Waals surface area contributed by atoms with Crippen LogP contribution in [0.4, 0.5) is 0 Å². The number of rotatable bonds is 1. The highest BCUT2D eigenvalue weighted by molar-refractivity contribution is 5.76. The van der Waals surface area contributed by atoms with Gasteiger partial charge in [-0.05, 0) is 13.3 Å². The van der Waals surface area contributed by atoms with Crippen molar-refractivity contribution in [1.29, 1.82) is 0 Å². The van der Waals surface area contributed by atoms with Gasteiger partial charge in [0, 0.05) is 40.4 Å². The zero-order chi connectivity index (χ0) is 4.28. The van der Waals surface area contributed by atoms with Crippen LogP contribution in [0.3, 0.4) is 0 Å². The maximum absolute atomic E-state index is 8.36. The van der Waals surface area contributed by atoms with Gasteiger partial charge in [0.25, 0.3) is 0 Å². The summed E-state index contributed by atoms with van der Waals surface area (Å²) in [5.41, 5.74) is 0. The summed E-state index contributed by atoms with van der Waals surface area (Å²) in [6.07, 6.45) is 0.745. The summed E-state index contributed by atoms with van der Waals surface area (Å²) in [6.45, 7) is 3.73. The average molecular weight is 125 g/mol. The van der Waals surface area contributed by atoms with Gasteiger partial charge in [-0.15, -0.1) is 0 Å². The molecule has 1 atom stereocenters. The van der Waals surface area contributed by atoms with Crippen molar-refractivity contribution in [1.82, 2.24) is 0 Å². The molecule has 1 N–H and O–H groups in total. The van der Waals surface area contributed by atoms with Crippen LogP contribution in [0.25, 0.3) is 0 Å². The van der Waals surface area contributed by atoms with Crippen molar-refractivity contribution >= 4 is 40.4 Å². The standard InChI is InChI=1S/C4H10O.Al.Mg/c1-3-4(2)5;;/h4-5H,3H2,1-2H3;;. The zero-order valence-electron chi connectivity index (χ0n) is 5.02. The summed E-state index contributed by atoms with van der Waals surface area (Å²) >= 11 is 0. The minimum Gasteiger partial charge on any atom is -0.393 e. The van der Waals surface area contributed by atoms with Gasteiger partial charge in [-0.1, -0.05) is 6.92 Å². The van der Waals surface area contributed by atoms with Gasteiger partial charge < -0.3 is 5.11 Å². The van der Waals surface area contributed by atoms with Crippen molar-refractivity contribution in [2.24, 2.45) is 0 Å². The van der Waals surface area contributed by atoms with E-state index in [0.717, 1.165) is 6.42 Å². The molecule has 0 amide bonds. The Balaban J connectivity index is -0.0000000800. The van der Waals surface area contributed by atoms with Gasteiger partial charge in [-0.2, -0.15) is 0 Å². The molecule has 0 spiro atoms. The second-order valence-electron chi connectivity index (χ2n) is 1.26. The lowest BCUT2D eigenvalue weighted by Gasteiger charge is -1.90. The van der Waals surface area contributed by atoms with Crippen molar-refractivity contribution < 1.29 is 5.11 Å². The Kier molecular flexibility index (Phi) is 23.1. The Morgan fingerprint density at radius 3 is 1.71 bits per heavy atom. The Hall–Kier alpha value is 1.26. The lowest BCUT2D eigenvalue weighted by molar-refractivity contribution is 0.191. The highest BCUT2D eigenvalue weighted by Crippen LogP contribution is 1.81. The molecule has 0 aromatic carbocycles.